The van der Waals surface area contributed by atoms with Crippen LogP contribution in [-0.2, 0) is 4.79 Å². The van der Waals surface area contributed by atoms with Crippen molar-refractivity contribution in [3.63, 3.8) is 0 Å². The van der Waals surface area contributed by atoms with Gasteiger partial charge >= 0.3 is 0 Å². The number of rotatable bonds is 7. The highest BCUT2D eigenvalue weighted by molar-refractivity contribution is 7.14. The number of thiazole rings is 1. The molecule has 2 aromatic carbocycles. The fourth-order valence-electron chi connectivity index (χ4n) is 3.32. The SMILES string of the molecule is O=C(COc1ccccc1C=NNc1nc(-c2ccccc2)cs1)N1CCCCC1. The van der Waals surface area contributed by atoms with E-state index in [1.165, 1.54) is 17.8 Å². The van der Waals surface area contributed by atoms with Gasteiger partial charge in [0, 0.05) is 29.6 Å². The van der Waals surface area contributed by atoms with E-state index < -0.39 is 0 Å². The van der Waals surface area contributed by atoms with Crippen LogP contribution in [0.1, 0.15) is 24.8 Å². The van der Waals surface area contributed by atoms with E-state index >= 15 is 0 Å². The molecule has 0 saturated carbocycles. The molecule has 1 amide bonds. The number of aromatic nitrogens is 1. The minimum Gasteiger partial charge on any atom is -0.483 e. The van der Waals surface area contributed by atoms with E-state index in [2.05, 4.69) is 15.5 Å². The van der Waals surface area contributed by atoms with Gasteiger partial charge in [0.25, 0.3) is 5.91 Å². The molecular weight excluding hydrogens is 396 g/mol. The van der Waals surface area contributed by atoms with E-state index in [-0.39, 0.29) is 12.5 Å². The molecule has 1 fully saturated rings. The normalized spacial score (nSPS) is 14.1. The van der Waals surface area contributed by atoms with Crippen molar-refractivity contribution in [2.45, 2.75) is 19.3 Å². The number of hydrazone groups is 1. The van der Waals surface area contributed by atoms with Gasteiger partial charge in [-0.3, -0.25) is 10.2 Å². The second kappa shape index (κ2) is 10.0. The van der Waals surface area contributed by atoms with E-state index in [1.807, 2.05) is 64.9 Å². The van der Waals surface area contributed by atoms with Crippen LogP contribution in [0.25, 0.3) is 11.3 Å². The highest BCUT2D eigenvalue weighted by Crippen LogP contribution is 2.24. The van der Waals surface area contributed by atoms with Crippen LogP contribution in [0.2, 0.25) is 0 Å². The molecule has 4 rings (SSSR count). The average Bonchev–Trinajstić information content (AvgIpc) is 3.28. The van der Waals surface area contributed by atoms with Crippen LogP contribution in [0.15, 0.2) is 65.1 Å². The molecule has 2 heterocycles. The fraction of sp³-hybridized carbons (Fsp3) is 0.261. The van der Waals surface area contributed by atoms with E-state index in [0.717, 1.165) is 42.8 Å². The van der Waals surface area contributed by atoms with Crippen LogP contribution in [-0.4, -0.2) is 41.7 Å². The molecule has 1 N–H and O–H groups in total. The largest absolute Gasteiger partial charge is 0.483 e. The molecule has 6 nitrogen and oxygen atoms in total. The van der Waals surface area contributed by atoms with Gasteiger partial charge in [-0.15, -0.1) is 11.3 Å². The Labute approximate surface area is 180 Å². The van der Waals surface area contributed by atoms with Crippen LogP contribution in [0.5, 0.6) is 5.75 Å². The number of hydrogen-bond acceptors (Lipinski definition) is 6. The zero-order valence-electron chi connectivity index (χ0n) is 16.7. The lowest BCUT2D eigenvalue weighted by Gasteiger charge is -2.26. The summed E-state index contributed by atoms with van der Waals surface area (Å²) in [5.74, 6) is 0.674. The Bertz CT molecular complexity index is 997. The molecule has 1 aliphatic heterocycles. The van der Waals surface area contributed by atoms with E-state index in [1.54, 1.807) is 6.21 Å². The Morgan fingerprint density at radius 2 is 1.87 bits per heavy atom. The van der Waals surface area contributed by atoms with Crippen molar-refractivity contribution in [3.8, 4) is 17.0 Å². The van der Waals surface area contributed by atoms with Crippen molar-refractivity contribution in [1.29, 1.82) is 0 Å². The number of benzene rings is 2. The summed E-state index contributed by atoms with van der Waals surface area (Å²) in [6.07, 6.45) is 5.03. The number of amides is 1. The first-order valence-corrected chi connectivity index (χ1v) is 11.0. The van der Waals surface area contributed by atoms with Gasteiger partial charge in [-0.05, 0) is 31.4 Å². The third-order valence-corrected chi connectivity index (χ3v) is 5.66. The summed E-state index contributed by atoms with van der Waals surface area (Å²) in [4.78, 5) is 18.8. The van der Waals surface area contributed by atoms with Gasteiger partial charge in [-0.25, -0.2) is 4.98 Å². The van der Waals surface area contributed by atoms with Crippen LogP contribution in [0.4, 0.5) is 5.13 Å². The highest BCUT2D eigenvalue weighted by Gasteiger charge is 2.17. The summed E-state index contributed by atoms with van der Waals surface area (Å²) < 4.78 is 5.79. The molecule has 0 unspecified atom stereocenters. The monoisotopic (exact) mass is 420 g/mol. The minimum atomic E-state index is 0.0378. The number of likely N-dealkylation sites (tertiary alicyclic amines) is 1. The number of carbonyl (C=O) groups is 1. The Morgan fingerprint density at radius 3 is 2.70 bits per heavy atom. The summed E-state index contributed by atoms with van der Waals surface area (Å²) in [5, 5.41) is 7.00. The maximum absolute atomic E-state index is 12.3. The Morgan fingerprint density at radius 1 is 1.10 bits per heavy atom. The quantitative estimate of drug-likeness (QED) is 0.446. The molecule has 0 aliphatic carbocycles. The van der Waals surface area contributed by atoms with Crippen LogP contribution < -0.4 is 10.2 Å². The van der Waals surface area contributed by atoms with Gasteiger partial charge in [0.05, 0.1) is 11.9 Å². The Balaban J connectivity index is 1.35. The van der Waals surface area contributed by atoms with Gasteiger partial charge in [0.15, 0.2) is 6.61 Å². The van der Waals surface area contributed by atoms with E-state index in [0.29, 0.717) is 10.9 Å². The molecule has 0 radical (unpaired) electrons. The van der Waals surface area contributed by atoms with Crippen molar-refractivity contribution < 1.29 is 9.53 Å². The first-order chi connectivity index (χ1) is 14.8. The summed E-state index contributed by atoms with van der Waals surface area (Å²) in [6.45, 7) is 1.70. The number of carbonyl (C=O) groups excluding carboxylic acids is 1. The topological polar surface area (TPSA) is 66.8 Å². The minimum absolute atomic E-state index is 0.0378. The smallest absolute Gasteiger partial charge is 0.260 e. The number of para-hydroxylation sites is 1. The van der Waals surface area contributed by atoms with E-state index in [4.69, 9.17) is 4.74 Å². The van der Waals surface area contributed by atoms with Crippen molar-refractivity contribution in [1.82, 2.24) is 9.88 Å². The molecular formula is C23H24N4O2S. The molecule has 7 heteroatoms. The molecule has 0 bridgehead atoms. The number of hydrogen-bond donors (Lipinski definition) is 1. The Kier molecular flexibility index (Phi) is 6.72. The molecule has 1 aromatic heterocycles. The number of nitrogens with one attached hydrogen (secondary N) is 1. The van der Waals surface area contributed by atoms with Gasteiger partial charge < -0.3 is 9.64 Å². The van der Waals surface area contributed by atoms with Crippen molar-refractivity contribution in [2.75, 3.05) is 25.1 Å². The number of piperidine rings is 1. The van der Waals surface area contributed by atoms with Crippen molar-refractivity contribution >= 4 is 28.6 Å². The van der Waals surface area contributed by atoms with Gasteiger partial charge in [0.2, 0.25) is 5.13 Å². The molecule has 1 aliphatic rings. The molecule has 30 heavy (non-hydrogen) atoms. The Hall–Kier alpha value is -3.19. The summed E-state index contributed by atoms with van der Waals surface area (Å²) >= 11 is 1.50. The number of ether oxygens (including phenoxy) is 1. The third kappa shape index (κ3) is 5.24. The second-order valence-electron chi connectivity index (χ2n) is 7.04. The summed E-state index contributed by atoms with van der Waals surface area (Å²) in [5.41, 5.74) is 5.76. The molecule has 154 valence electrons. The third-order valence-electron chi connectivity index (χ3n) is 4.92. The van der Waals surface area contributed by atoms with Gasteiger partial charge in [-0.2, -0.15) is 5.10 Å². The zero-order valence-corrected chi connectivity index (χ0v) is 17.5. The lowest BCUT2D eigenvalue weighted by atomic mass is 10.1. The molecule has 1 saturated heterocycles. The van der Waals surface area contributed by atoms with Crippen molar-refractivity contribution in [2.24, 2.45) is 5.10 Å². The summed E-state index contributed by atoms with van der Waals surface area (Å²) in [7, 11) is 0. The maximum atomic E-state index is 12.3. The number of anilines is 1. The standard InChI is InChI=1S/C23H24N4O2S/c28-22(27-13-7-2-8-14-27)16-29-21-12-6-5-11-19(21)15-24-26-23-25-20(17-30-23)18-9-3-1-4-10-18/h1,3-6,9-12,15,17H,2,7-8,13-14,16H2,(H,25,26). The highest BCUT2D eigenvalue weighted by atomic mass is 32.1. The second-order valence-corrected chi connectivity index (χ2v) is 7.90. The molecule has 0 spiro atoms. The van der Waals surface area contributed by atoms with Gasteiger partial charge in [0.1, 0.15) is 5.75 Å². The molecule has 3 aromatic rings. The fourth-order valence-corrected chi connectivity index (χ4v) is 3.98. The zero-order chi connectivity index (χ0) is 20.6. The number of nitrogens with zero attached hydrogens (tertiary/aromatic N) is 3. The lowest BCUT2D eigenvalue weighted by Crippen LogP contribution is -2.38. The summed E-state index contributed by atoms with van der Waals surface area (Å²) in [6, 6.07) is 17.6. The van der Waals surface area contributed by atoms with Gasteiger partial charge in [-0.1, -0.05) is 42.5 Å². The van der Waals surface area contributed by atoms with E-state index in [9.17, 15) is 4.79 Å². The lowest BCUT2D eigenvalue weighted by molar-refractivity contribution is -0.134. The van der Waals surface area contributed by atoms with Crippen LogP contribution in [0.3, 0.4) is 0 Å². The van der Waals surface area contributed by atoms with Crippen LogP contribution >= 0.6 is 11.3 Å². The molecule has 0 atom stereocenters. The predicted octanol–water partition coefficient (Wildman–Crippen LogP) is 4.65. The predicted molar refractivity (Wildman–Crippen MR) is 121 cm³/mol. The first-order valence-electron chi connectivity index (χ1n) is 10.1. The first kappa shape index (κ1) is 20.1. The maximum Gasteiger partial charge on any atom is 0.260 e. The van der Waals surface area contributed by atoms with Crippen molar-refractivity contribution in [3.05, 3.63) is 65.5 Å². The average molecular weight is 421 g/mol. The van der Waals surface area contributed by atoms with Crippen LogP contribution in [0, 0.1) is 0 Å².